The molecule has 1 N–H and O–H groups in total. The summed E-state index contributed by atoms with van der Waals surface area (Å²) in [7, 11) is -3.82. The van der Waals surface area contributed by atoms with Crippen molar-refractivity contribution in [1.82, 2.24) is 9.78 Å². The smallest absolute Gasteiger partial charge is 0.265 e. The molecule has 2 heterocycles. The number of halogens is 1. The van der Waals surface area contributed by atoms with Gasteiger partial charge in [-0.05, 0) is 47.7 Å². The maximum Gasteiger partial charge on any atom is 0.265 e. The molecule has 0 aliphatic rings. The first kappa shape index (κ1) is 19.9. The van der Waals surface area contributed by atoms with Gasteiger partial charge >= 0.3 is 0 Å². The molecule has 148 valence electrons. The van der Waals surface area contributed by atoms with Gasteiger partial charge in [-0.1, -0.05) is 52.3 Å². The van der Waals surface area contributed by atoms with Gasteiger partial charge in [0.25, 0.3) is 10.0 Å². The first-order chi connectivity index (χ1) is 13.9. The molecule has 0 amide bonds. The molecule has 0 atom stereocenters. The fourth-order valence-corrected chi connectivity index (χ4v) is 5.53. The molecule has 0 saturated heterocycles. The molecule has 4 rings (SSSR count). The summed E-state index contributed by atoms with van der Waals surface area (Å²) in [5.74, 6) is 0. The monoisotopic (exact) mass is 487 g/mol. The minimum absolute atomic E-state index is 0.165. The third kappa shape index (κ3) is 4.44. The topological polar surface area (TPSA) is 64.0 Å². The zero-order valence-corrected chi connectivity index (χ0v) is 18.8. The second kappa shape index (κ2) is 8.14. The third-order valence-electron chi connectivity index (χ3n) is 4.39. The number of nitrogens with one attached hydrogen (secondary N) is 1. The van der Waals surface area contributed by atoms with Gasteiger partial charge in [0.15, 0.2) is 0 Å². The number of sulfonamides is 1. The Morgan fingerprint density at radius 2 is 1.90 bits per heavy atom. The third-order valence-corrected chi connectivity index (χ3v) is 7.13. The molecular formula is C21H18BrN3O2S2. The van der Waals surface area contributed by atoms with Crippen molar-refractivity contribution >= 4 is 43.0 Å². The van der Waals surface area contributed by atoms with Crippen LogP contribution in [0.4, 0.5) is 5.69 Å². The molecule has 29 heavy (non-hydrogen) atoms. The number of rotatable bonds is 6. The summed E-state index contributed by atoms with van der Waals surface area (Å²) >= 11 is 4.87. The fraction of sp³-hybridized carbons (Fsp3) is 0.0952. The number of benzene rings is 2. The largest absolute Gasteiger partial charge is 0.279 e. The minimum Gasteiger partial charge on any atom is -0.279 e. The number of aromatic nitrogens is 2. The maximum absolute atomic E-state index is 13.2. The first-order valence-corrected chi connectivity index (χ1v) is 12.0. The van der Waals surface area contributed by atoms with Crippen molar-refractivity contribution in [3.8, 4) is 10.6 Å². The average Bonchev–Trinajstić information content (AvgIpc) is 3.35. The number of aryl methyl sites for hydroxylation is 1. The van der Waals surface area contributed by atoms with Crippen LogP contribution in [-0.2, 0) is 16.6 Å². The van der Waals surface area contributed by atoms with Crippen LogP contribution >= 0.6 is 27.3 Å². The number of anilines is 1. The molecule has 2 aromatic heterocycles. The van der Waals surface area contributed by atoms with Gasteiger partial charge in [0.05, 0.1) is 17.1 Å². The summed E-state index contributed by atoms with van der Waals surface area (Å²) in [5, 5.41) is 6.50. The lowest BCUT2D eigenvalue weighted by Gasteiger charge is -2.10. The SMILES string of the molecule is Cc1cc(Br)ccc1NS(=O)(=O)c1cn(Cc2ccccc2)nc1-c1cccs1. The zero-order valence-electron chi connectivity index (χ0n) is 15.5. The first-order valence-electron chi connectivity index (χ1n) is 8.86. The van der Waals surface area contributed by atoms with Gasteiger partial charge in [-0.15, -0.1) is 11.3 Å². The van der Waals surface area contributed by atoms with Crippen LogP contribution in [0.25, 0.3) is 10.6 Å². The van der Waals surface area contributed by atoms with Gasteiger partial charge in [-0.3, -0.25) is 9.40 Å². The van der Waals surface area contributed by atoms with E-state index in [-0.39, 0.29) is 4.90 Å². The molecule has 0 bridgehead atoms. The van der Waals surface area contributed by atoms with Crippen LogP contribution in [0.5, 0.6) is 0 Å². The van der Waals surface area contributed by atoms with Crippen molar-refractivity contribution in [3.63, 3.8) is 0 Å². The van der Waals surface area contributed by atoms with Crippen molar-refractivity contribution < 1.29 is 8.42 Å². The second-order valence-corrected chi connectivity index (χ2v) is 10.1. The fourth-order valence-electron chi connectivity index (χ4n) is 2.98. The lowest BCUT2D eigenvalue weighted by Crippen LogP contribution is -2.14. The highest BCUT2D eigenvalue weighted by molar-refractivity contribution is 9.10. The minimum atomic E-state index is -3.82. The quantitative estimate of drug-likeness (QED) is 0.388. The molecule has 0 aliphatic carbocycles. The van der Waals surface area contributed by atoms with Crippen LogP contribution < -0.4 is 4.72 Å². The standard InChI is InChI=1S/C21H18BrN3O2S2/c1-15-12-17(22)9-10-18(15)24-29(26,27)20-14-25(13-16-6-3-2-4-7-16)23-21(20)19-8-5-11-28-19/h2-12,14,24H,13H2,1H3. The molecular weight excluding hydrogens is 470 g/mol. The number of thiophene rings is 1. The Kier molecular flexibility index (Phi) is 5.58. The van der Waals surface area contributed by atoms with Crippen molar-refractivity contribution in [2.45, 2.75) is 18.4 Å². The molecule has 2 aromatic carbocycles. The molecule has 0 saturated carbocycles. The summed E-state index contributed by atoms with van der Waals surface area (Å²) in [6, 6.07) is 19.0. The molecule has 5 nitrogen and oxygen atoms in total. The number of hydrogen-bond acceptors (Lipinski definition) is 4. The summed E-state index contributed by atoms with van der Waals surface area (Å²) in [6.07, 6.45) is 1.60. The average molecular weight is 488 g/mol. The summed E-state index contributed by atoms with van der Waals surface area (Å²) in [6.45, 7) is 2.35. The van der Waals surface area contributed by atoms with E-state index in [9.17, 15) is 8.42 Å². The van der Waals surface area contributed by atoms with Crippen molar-refractivity contribution in [2.75, 3.05) is 4.72 Å². The van der Waals surface area contributed by atoms with E-state index in [2.05, 4.69) is 25.8 Å². The Morgan fingerprint density at radius 1 is 1.10 bits per heavy atom. The van der Waals surface area contributed by atoms with Crippen LogP contribution in [-0.4, -0.2) is 18.2 Å². The normalized spacial score (nSPS) is 11.5. The van der Waals surface area contributed by atoms with Gasteiger partial charge in [0.1, 0.15) is 10.6 Å². The molecule has 4 aromatic rings. The highest BCUT2D eigenvalue weighted by Crippen LogP contribution is 2.32. The van der Waals surface area contributed by atoms with E-state index >= 15 is 0 Å². The Labute approximate surface area is 182 Å². The molecule has 0 aliphatic heterocycles. The van der Waals surface area contributed by atoms with Gasteiger partial charge in [0, 0.05) is 10.7 Å². The molecule has 0 spiro atoms. The Morgan fingerprint density at radius 3 is 2.59 bits per heavy atom. The van der Waals surface area contributed by atoms with Gasteiger partial charge in [-0.25, -0.2) is 8.42 Å². The summed E-state index contributed by atoms with van der Waals surface area (Å²) in [4.78, 5) is 0.975. The highest BCUT2D eigenvalue weighted by Gasteiger charge is 2.25. The summed E-state index contributed by atoms with van der Waals surface area (Å²) in [5.41, 5.74) is 2.88. The van der Waals surface area contributed by atoms with E-state index in [0.717, 1.165) is 20.5 Å². The van der Waals surface area contributed by atoms with Crippen LogP contribution in [0, 0.1) is 6.92 Å². The van der Waals surface area contributed by atoms with Gasteiger partial charge in [0.2, 0.25) is 0 Å². The Balaban J connectivity index is 1.74. The lowest BCUT2D eigenvalue weighted by molar-refractivity contribution is 0.601. The van der Waals surface area contributed by atoms with Crippen LogP contribution in [0.1, 0.15) is 11.1 Å². The van der Waals surface area contributed by atoms with E-state index < -0.39 is 10.0 Å². The van der Waals surface area contributed by atoms with Crippen molar-refractivity contribution in [2.24, 2.45) is 0 Å². The maximum atomic E-state index is 13.2. The highest BCUT2D eigenvalue weighted by atomic mass is 79.9. The molecule has 0 fully saturated rings. The molecule has 0 unspecified atom stereocenters. The Hall–Kier alpha value is -2.42. The van der Waals surface area contributed by atoms with E-state index in [1.165, 1.54) is 11.3 Å². The second-order valence-electron chi connectivity index (χ2n) is 6.57. The van der Waals surface area contributed by atoms with Gasteiger partial charge < -0.3 is 0 Å². The molecule has 0 radical (unpaired) electrons. The predicted octanol–water partition coefficient (Wildman–Crippen LogP) is 5.53. The zero-order chi connectivity index (χ0) is 20.4. The van der Waals surface area contributed by atoms with Gasteiger partial charge in [-0.2, -0.15) is 5.10 Å². The predicted molar refractivity (Wildman–Crippen MR) is 121 cm³/mol. The van der Waals surface area contributed by atoms with Crippen LogP contribution in [0.3, 0.4) is 0 Å². The summed E-state index contributed by atoms with van der Waals surface area (Å²) < 4.78 is 31.8. The van der Waals surface area contributed by atoms with Crippen LogP contribution in [0.2, 0.25) is 0 Å². The van der Waals surface area contributed by atoms with Crippen molar-refractivity contribution in [1.29, 1.82) is 0 Å². The van der Waals surface area contributed by atoms with E-state index in [0.29, 0.717) is 17.9 Å². The van der Waals surface area contributed by atoms with E-state index in [1.807, 2.05) is 66.9 Å². The lowest BCUT2D eigenvalue weighted by atomic mass is 10.2. The Bertz CT molecular complexity index is 1230. The van der Waals surface area contributed by atoms with Crippen molar-refractivity contribution in [3.05, 3.63) is 87.8 Å². The number of nitrogens with zero attached hydrogens (tertiary/aromatic N) is 2. The number of hydrogen-bond donors (Lipinski definition) is 1. The molecule has 8 heteroatoms. The van der Waals surface area contributed by atoms with Crippen LogP contribution in [0.15, 0.2) is 81.6 Å². The van der Waals surface area contributed by atoms with E-state index in [1.54, 1.807) is 16.9 Å². The van der Waals surface area contributed by atoms with E-state index in [4.69, 9.17) is 0 Å².